The molecule has 2 N–H and O–H groups in total. The summed E-state index contributed by atoms with van der Waals surface area (Å²) in [6.07, 6.45) is 5.01. The maximum absolute atomic E-state index is 12.8. The van der Waals surface area contributed by atoms with E-state index in [-0.39, 0.29) is 11.8 Å². The zero-order valence-electron chi connectivity index (χ0n) is 23.2. The molecule has 40 heavy (non-hydrogen) atoms. The molecule has 0 fully saturated rings. The summed E-state index contributed by atoms with van der Waals surface area (Å²) in [5.74, 6) is -0.690. The predicted molar refractivity (Wildman–Crippen MR) is 157 cm³/mol. The molecule has 8 nitrogen and oxygen atoms in total. The molecule has 3 atom stereocenters. The highest BCUT2D eigenvalue weighted by molar-refractivity contribution is 6.01. The number of hydrogen-bond donors (Lipinski definition) is 1. The van der Waals surface area contributed by atoms with E-state index in [0.717, 1.165) is 39.7 Å². The van der Waals surface area contributed by atoms with Gasteiger partial charge in [-0.2, -0.15) is 5.26 Å². The molecule has 0 saturated heterocycles. The van der Waals surface area contributed by atoms with Crippen molar-refractivity contribution in [1.29, 1.82) is 5.26 Å². The minimum Gasteiger partial charge on any atom is -0.440 e. The average Bonchev–Trinajstić information content (AvgIpc) is 3.38. The van der Waals surface area contributed by atoms with Crippen LogP contribution in [0.15, 0.2) is 79.6 Å². The van der Waals surface area contributed by atoms with Crippen molar-refractivity contribution < 1.29 is 14.3 Å². The Morgan fingerprint density at radius 3 is 2.58 bits per heavy atom. The molecule has 8 heteroatoms. The SMILES string of the molecule is C=CC(=O)N(C)c1cccc(-c2cnc3c(c2)c(-c2cccc(C#N)c2)cn3[C@H](C)OC(=O)C(N)C(C)CC)c1. The Labute approximate surface area is 234 Å². The van der Waals surface area contributed by atoms with E-state index < -0.39 is 18.2 Å². The number of carbonyl (C=O) groups is 2. The number of esters is 1. The number of aromatic nitrogens is 2. The van der Waals surface area contributed by atoms with Gasteiger partial charge < -0.3 is 15.4 Å². The van der Waals surface area contributed by atoms with Crippen LogP contribution in [0, 0.1) is 17.2 Å². The van der Waals surface area contributed by atoms with Gasteiger partial charge >= 0.3 is 5.97 Å². The number of nitrogens with zero attached hydrogens (tertiary/aromatic N) is 4. The summed E-state index contributed by atoms with van der Waals surface area (Å²) >= 11 is 0. The van der Waals surface area contributed by atoms with Crippen LogP contribution < -0.4 is 10.6 Å². The van der Waals surface area contributed by atoms with Gasteiger partial charge in [0.15, 0.2) is 6.23 Å². The van der Waals surface area contributed by atoms with Gasteiger partial charge in [-0.15, -0.1) is 0 Å². The third-order valence-corrected chi connectivity index (χ3v) is 7.25. The fourth-order valence-electron chi connectivity index (χ4n) is 4.50. The molecule has 0 saturated carbocycles. The minimum absolute atomic E-state index is 0.0114. The van der Waals surface area contributed by atoms with Crippen molar-refractivity contribution in [2.45, 2.75) is 39.5 Å². The number of fused-ring (bicyclic) bond motifs is 1. The molecule has 2 aromatic carbocycles. The van der Waals surface area contributed by atoms with Crippen LogP contribution in [0.3, 0.4) is 0 Å². The van der Waals surface area contributed by atoms with Gasteiger partial charge in [-0.3, -0.25) is 14.2 Å². The number of ether oxygens (including phenoxy) is 1. The van der Waals surface area contributed by atoms with E-state index in [1.54, 1.807) is 26.2 Å². The average molecular weight is 536 g/mol. The number of rotatable bonds is 9. The topological polar surface area (TPSA) is 114 Å². The van der Waals surface area contributed by atoms with Crippen molar-refractivity contribution in [3.8, 4) is 28.3 Å². The Morgan fingerprint density at radius 2 is 1.88 bits per heavy atom. The number of anilines is 1. The van der Waals surface area contributed by atoms with Gasteiger partial charge in [-0.05, 0) is 60.4 Å². The van der Waals surface area contributed by atoms with E-state index in [4.69, 9.17) is 15.5 Å². The zero-order chi connectivity index (χ0) is 29.0. The van der Waals surface area contributed by atoms with E-state index >= 15 is 0 Å². The lowest BCUT2D eigenvalue weighted by Gasteiger charge is -2.21. The number of nitriles is 1. The van der Waals surface area contributed by atoms with Gasteiger partial charge in [0.05, 0.1) is 11.6 Å². The summed E-state index contributed by atoms with van der Waals surface area (Å²) in [6.45, 7) is 9.25. The molecule has 0 radical (unpaired) electrons. The zero-order valence-corrected chi connectivity index (χ0v) is 23.2. The van der Waals surface area contributed by atoms with Crippen LogP contribution in [-0.4, -0.2) is 34.5 Å². The van der Waals surface area contributed by atoms with Crippen molar-refractivity contribution in [2.24, 2.45) is 11.7 Å². The van der Waals surface area contributed by atoms with Crippen molar-refractivity contribution >= 4 is 28.6 Å². The molecule has 0 spiro atoms. The number of likely N-dealkylation sites (N-methyl/N-ethyl adjacent to an activating group) is 1. The van der Waals surface area contributed by atoms with Gasteiger partial charge in [0.25, 0.3) is 0 Å². The predicted octanol–water partition coefficient (Wildman–Crippen LogP) is 5.83. The Hall–Kier alpha value is -4.74. The van der Waals surface area contributed by atoms with Crippen LogP contribution in [0.5, 0.6) is 0 Å². The molecule has 0 aliphatic carbocycles. The highest BCUT2D eigenvalue weighted by atomic mass is 16.6. The van der Waals surface area contributed by atoms with Gasteiger partial charge in [-0.25, -0.2) is 4.98 Å². The van der Waals surface area contributed by atoms with Crippen LogP contribution in [0.1, 0.15) is 39.0 Å². The highest BCUT2D eigenvalue weighted by Gasteiger charge is 2.25. The van der Waals surface area contributed by atoms with Crippen molar-refractivity contribution in [3.63, 3.8) is 0 Å². The molecule has 2 heterocycles. The normalized spacial score (nSPS) is 13.2. The summed E-state index contributed by atoms with van der Waals surface area (Å²) in [5, 5.41) is 10.3. The first-order chi connectivity index (χ1) is 19.2. The van der Waals surface area contributed by atoms with Gasteiger partial charge in [0, 0.05) is 41.6 Å². The second-order valence-corrected chi connectivity index (χ2v) is 9.84. The summed E-state index contributed by atoms with van der Waals surface area (Å²) in [4.78, 5) is 31.2. The first kappa shape index (κ1) is 28.3. The van der Waals surface area contributed by atoms with E-state index in [1.807, 2.05) is 73.1 Å². The van der Waals surface area contributed by atoms with Crippen LogP contribution >= 0.6 is 0 Å². The summed E-state index contributed by atoms with van der Waals surface area (Å²) in [6, 6.07) is 18.4. The number of carbonyl (C=O) groups excluding carboxylic acids is 2. The molecular weight excluding hydrogens is 502 g/mol. The quantitative estimate of drug-likeness (QED) is 0.213. The number of pyridine rings is 1. The Balaban J connectivity index is 1.82. The number of amides is 1. The third kappa shape index (κ3) is 5.65. The van der Waals surface area contributed by atoms with Crippen LogP contribution in [0.2, 0.25) is 0 Å². The second-order valence-electron chi connectivity index (χ2n) is 9.84. The van der Waals surface area contributed by atoms with E-state index in [0.29, 0.717) is 11.2 Å². The first-order valence-corrected chi connectivity index (χ1v) is 13.2. The Kier molecular flexibility index (Phi) is 8.46. The molecule has 0 aliphatic heterocycles. The van der Waals surface area contributed by atoms with E-state index in [1.165, 1.54) is 11.0 Å². The molecular formula is C32H33N5O3. The maximum Gasteiger partial charge on any atom is 0.325 e. The summed E-state index contributed by atoms with van der Waals surface area (Å²) < 4.78 is 7.58. The fraction of sp³-hybridized carbons (Fsp3) is 0.250. The van der Waals surface area contributed by atoms with Crippen LogP contribution in [0.4, 0.5) is 5.69 Å². The summed E-state index contributed by atoms with van der Waals surface area (Å²) in [7, 11) is 1.70. The van der Waals surface area contributed by atoms with Crippen molar-refractivity contribution in [2.75, 3.05) is 11.9 Å². The highest BCUT2D eigenvalue weighted by Crippen LogP contribution is 2.35. The summed E-state index contributed by atoms with van der Waals surface area (Å²) in [5.41, 5.74) is 11.4. The smallest absolute Gasteiger partial charge is 0.325 e. The molecule has 204 valence electrons. The van der Waals surface area contributed by atoms with Crippen LogP contribution in [0.25, 0.3) is 33.3 Å². The van der Waals surface area contributed by atoms with Gasteiger partial charge in [0.1, 0.15) is 11.7 Å². The Bertz CT molecular complexity index is 1620. The number of benzene rings is 2. The molecule has 0 bridgehead atoms. The minimum atomic E-state index is -0.723. The van der Waals surface area contributed by atoms with Gasteiger partial charge in [-0.1, -0.05) is 51.1 Å². The van der Waals surface area contributed by atoms with E-state index in [2.05, 4.69) is 12.6 Å². The lowest BCUT2D eigenvalue weighted by atomic mass is 10.0. The third-order valence-electron chi connectivity index (χ3n) is 7.25. The number of nitrogens with two attached hydrogens (primary N) is 1. The molecule has 4 aromatic rings. The largest absolute Gasteiger partial charge is 0.440 e. The monoisotopic (exact) mass is 535 g/mol. The lowest BCUT2D eigenvalue weighted by Crippen LogP contribution is -2.38. The molecule has 4 rings (SSSR count). The first-order valence-electron chi connectivity index (χ1n) is 13.2. The van der Waals surface area contributed by atoms with Crippen LogP contribution in [-0.2, 0) is 14.3 Å². The molecule has 2 unspecified atom stereocenters. The standard InChI is InChI=1S/C32H33N5O3/c1-6-20(3)30(34)32(39)40-21(4)37-19-28(24-12-8-10-22(14-24)17-33)27-16-25(18-35-31(27)37)23-11-9-13-26(15-23)36(5)29(38)7-2/h7-16,18-21,30H,2,6,34H2,1,3-5H3/t20?,21-,30?/m0/s1. The molecule has 2 aromatic heterocycles. The second kappa shape index (κ2) is 12.0. The maximum atomic E-state index is 12.8. The van der Waals surface area contributed by atoms with Gasteiger partial charge in [0.2, 0.25) is 5.91 Å². The Morgan fingerprint density at radius 1 is 1.15 bits per heavy atom. The van der Waals surface area contributed by atoms with E-state index in [9.17, 15) is 14.9 Å². The molecule has 1 amide bonds. The molecule has 0 aliphatic rings. The fourth-order valence-corrected chi connectivity index (χ4v) is 4.50. The number of hydrogen-bond acceptors (Lipinski definition) is 6. The lowest BCUT2D eigenvalue weighted by molar-refractivity contribution is -0.155. The van der Waals surface area contributed by atoms with Crippen molar-refractivity contribution in [1.82, 2.24) is 9.55 Å². The van der Waals surface area contributed by atoms with Crippen molar-refractivity contribution in [3.05, 3.63) is 85.2 Å².